The average Bonchev–Trinajstić information content (AvgIpc) is 3.20. The van der Waals surface area contributed by atoms with Crippen LogP contribution in [0.25, 0.3) is 22.6 Å². The maximum absolute atomic E-state index is 7.52. The van der Waals surface area contributed by atoms with E-state index in [1.54, 1.807) is 12.4 Å². The monoisotopic (exact) mass is 417 g/mol. The molecule has 0 aliphatic carbocycles. The maximum atomic E-state index is 7.52. The Morgan fingerprint density at radius 3 is 2.73 bits per heavy atom. The normalized spacial score (nSPS) is 11.5. The van der Waals surface area contributed by atoms with Crippen LogP contribution in [0.4, 0.5) is 5.82 Å². The molecule has 0 aliphatic rings. The van der Waals surface area contributed by atoms with Gasteiger partial charge in [-0.05, 0) is 17.2 Å². The fraction of sp³-hybridized carbons (Fsp3) is 0.0909. The van der Waals surface area contributed by atoms with E-state index in [1.165, 1.54) is 12.5 Å². The van der Waals surface area contributed by atoms with Crippen molar-refractivity contribution in [3.63, 3.8) is 0 Å². The van der Waals surface area contributed by atoms with Gasteiger partial charge in [0, 0.05) is 54.9 Å². The van der Waals surface area contributed by atoms with Crippen LogP contribution in [0.5, 0.6) is 0 Å². The fourth-order valence-corrected chi connectivity index (χ4v) is 3.26. The Bertz CT molecular complexity index is 1210. The van der Waals surface area contributed by atoms with E-state index in [9.17, 15) is 0 Å². The van der Waals surface area contributed by atoms with Gasteiger partial charge in [0.15, 0.2) is 0 Å². The van der Waals surface area contributed by atoms with Crippen molar-refractivity contribution in [2.45, 2.75) is 6.54 Å². The van der Waals surface area contributed by atoms with Gasteiger partial charge in [0.25, 0.3) is 0 Å². The van der Waals surface area contributed by atoms with E-state index < -0.39 is 0 Å². The first-order chi connectivity index (χ1) is 14.7. The number of benzene rings is 1. The van der Waals surface area contributed by atoms with Crippen LogP contribution in [0.15, 0.2) is 67.4 Å². The average molecular weight is 418 g/mol. The van der Waals surface area contributed by atoms with Crippen molar-refractivity contribution in [1.82, 2.24) is 24.7 Å². The molecule has 0 saturated heterocycles. The number of halogens is 1. The highest BCUT2D eigenvalue weighted by molar-refractivity contribution is 6.30. The highest BCUT2D eigenvalue weighted by Gasteiger charge is 2.09. The Morgan fingerprint density at radius 2 is 1.97 bits per heavy atom. The lowest BCUT2D eigenvalue weighted by Crippen LogP contribution is -2.03. The lowest BCUT2D eigenvalue weighted by molar-refractivity contribution is 1.07. The molecular formula is C22H20ClN7. The minimum absolute atomic E-state index is 0.620. The maximum Gasteiger partial charge on any atom is 0.138 e. The Hall–Kier alpha value is -3.71. The quantitative estimate of drug-likeness (QED) is 0.391. The molecule has 0 unspecified atom stereocenters. The molecule has 3 aromatic heterocycles. The minimum Gasteiger partial charge on any atom is -0.393 e. The van der Waals surface area contributed by atoms with E-state index >= 15 is 0 Å². The van der Waals surface area contributed by atoms with Crippen LogP contribution in [0.2, 0.25) is 5.02 Å². The molecule has 8 heteroatoms. The van der Waals surface area contributed by atoms with Gasteiger partial charge >= 0.3 is 0 Å². The molecule has 3 heterocycles. The summed E-state index contributed by atoms with van der Waals surface area (Å²) in [5.41, 5.74) is 5.32. The van der Waals surface area contributed by atoms with Crippen LogP contribution >= 0.6 is 11.6 Å². The summed E-state index contributed by atoms with van der Waals surface area (Å²) in [5, 5.41) is 14.4. The Labute approximate surface area is 179 Å². The molecule has 1 aromatic carbocycles. The molecule has 0 fully saturated rings. The minimum atomic E-state index is 0.620. The van der Waals surface area contributed by atoms with Gasteiger partial charge in [-0.15, -0.1) is 0 Å². The zero-order chi connectivity index (χ0) is 20.9. The molecular weight excluding hydrogens is 398 g/mol. The van der Waals surface area contributed by atoms with Gasteiger partial charge in [-0.3, -0.25) is 4.40 Å². The Kier molecular flexibility index (Phi) is 5.72. The first-order valence-electron chi connectivity index (χ1n) is 9.34. The van der Waals surface area contributed by atoms with Crippen molar-refractivity contribution in [2.24, 2.45) is 0 Å². The summed E-state index contributed by atoms with van der Waals surface area (Å²) in [6.07, 6.45) is 8.32. The smallest absolute Gasteiger partial charge is 0.138 e. The highest BCUT2D eigenvalue weighted by atomic mass is 35.5. The molecule has 0 spiro atoms. The number of imidazole rings is 1. The molecule has 4 aromatic rings. The molecule has 0 radical (unpaired) electrons. The third kappa shape index (κ3) is 4.16. The predicted molar refractivity (Wildman–Crippen MR) is 121 cm³/mol. The molecule has 3 N–H and O–H groups in total. The summed E-state index contributed by atoms with van der Waals surface area (Å²) in [7, 11) is 1.82. The predicted octanol–water partition coefficient (Wildman–Crippen LogP) is 4.27. The SMILES string of the molecule is CN/C=C(\C=N)c1ccc(CNc2cc(-c3cnc4cc(Cl)ccn34)ncn2)cc1. The Balaban J connectivity index is 1.50. The first kappa shape index (κ1) is 19.6. The molecule has 0 aliphatic heterocycles. The summed E-state index contributed by atoms with van der Waals surface area (Å²) in [6.45, 7) is 0.620. The van der Waals surface area contributed by atoms with Crippen LogP contribution in [-0.2, 0) is 6.54 Å². The van der Waals surface area contributed by atoms with Crippen molar-refractivity contribution in [1.29, 1.82) is 5.41 Å². The van der Waals surface area contributed by atoms with Crippen molar-refractivity contribution in [3.05, 3.63) is 83.5 Å². The summed E-state index contributed by atoms with van der Waals surface area (Å²) >= 11 is 6.04. The number of pyridine rings is 1. The number of nitrogens with zero attached hydrogens (tertiary/aromatic N) is 4. The molecule has 150 valence electrons. The van der Waals surface area contributed by atoms with Gasteiger partial charge in [-0.1, -0.05) is 35.9 Å². The fourth-order valence-electron chi connectivity index (χ4n) is 3.11. The van der Waals surface area contributed by atoms with Gasteiger partial charge < -0.3 is 16.0 Å². The van der Waals surface area contributed by atoms with E-state index in [0.29, 0.717) is 11.6 Å². The number of nitrogens with one attached hydrogen (secondary N) is 3. The molecule has 30 heavy (non-hydrogen) atoms. The van der Waals surface area contributed by atoms with Gasteiger partial charge in [0.1, 0.15) is 17.8 Å². The van der Waals surface area contributed by atoms with Gasteiger partial charge in [0.2, 0.25) is 0 Å². The number of hydrogen-bond acceptors (Lipinski definition) is 6. The molecule has 0 atom stereocenters. The zero-order valence-electron chi connectivity index (χ0n) is 16.3. The van der Waals surface area contributed by atoms with Gasteiger partial charge in [0.05, 0.1) is 17.6 Å². The summed E-state index contributed by atoms with van der Waals surface area (Å²) < 4.78 is 1.94. The number of aromatic nitrogens is 4. The van der Waals surface area contributed by atoms with E-state index in [0.717, 1.165) is 39.6 Å². The van der Waals surface area contributed by atoms with E-state index in [2.05, 4.69) is 25.6 Å². The second-order valence-electron chi connectivity index (χ2n) is 6.59. The summed E-state index contributed by atoms with van der Waals surface area (Å²) in [4.78, 5) is 13.1. The van der Waals surface area contributed by atoms with Crippen molar-refractivity contribution in [3.8, 4) is 11.4 Å². The highest BCUT2D eigenvalue weighted by Crippen LogP contribution is 2.22. The second kappa shape index (κ2) is 8.75. The van der Waals surface area contributed by atoms with Crippen LogP contribution in [0.1, 0.15) is 11.1 Å². The molecule has 4 rings (SSSR count). The van der Waals surface area contributed by atoms with Crippen molar-refractivity contribution >= 4 is 34.9 Å². The Morgan fingerprint density at radius 1 is 1.13 bits per heavy atom. The van der Waals surface area contributed by atoms with E-state index in [1.807, 2.05) is 60.1 Å². The zero-order valence-corrected chi connectivity index (χ0v) is 17.1. The molecule has 0 amide bonds. The van der Waals surface area contributed by atoms with Crippen molar-refractivity contribution in [2.75, 3.05) is 12.4 Å². The number of anilines is 1. The summed E-state index contributed by atoms with van der Waals surface area (Å²) in [6, 6.07) is 13.6. The first-order valence-corrected chi connectivity index (χ1v) is 9.72. The van der Waals surface area contributed by atoms with Crippen LogP contribution < -0.4 is 10.6 Å². The largest absolute Gasteiger partial charge is 0.393 e. The number of hydrogen-bond donors (Lipinski definition) is 3. The number of allylic oxidation sites excluding steroid dienone is 1. The molecule has 7 nitrogen and oxygen atoms in total. The third-order valence-corrected chi connectivity index (χ3v) is 4.86. The molecule has 0 saturated carbocycles. The van der Waals surface area contributed by atoms with E-state index in [4.69, 9.17) is 17.0 Å². The standard InChI is InChI=1S/C22H20ClN7/c1-25-12-17(10-24)16-4-2-15(3-5-16)11-26-21-9-19(28-14-29-21)20-13-27-22-8-18(23)6-7-30(20)22/h2-10,12-14,24-25H,11H2,1H3,(H,26,28,29)/b17-12+,24-10?. The second-order valence-corrected chi connectivity index (χ2v) is 7.02. The summed E-state index contributed by atoms with van der Waals surface area (Å²) in [5.74, 6) is 0.725. The van der Waals surface area contributed by atoms with E-state index in [-0.39, 0.29) is 0 Å². The third-order valence-electron chi connectivity index (χ3n) is 4.62. The van der Waals surface area contributed by atoms with Gasteiger partial charge in [-0.25, -0.2) is 15.0 Å². The lowest BCUT2D eigenvalue weighted by Gasteiger charge is -2.08. The number of fused-ring (bicyclic) bond motifs is 1. The molecule has 0 bridgehead atoms. The van der Waals surface area contributed by atoms with Crippen LogP contribution in [-0.4, -0.2) is 32.6 Å². The number of rotatable bonds is 7. The van der Waals surface area contributed by atoms with Crippen molar-refractivity contribution < 1.29 is 0 Å². The van der Waals surface area contributed by atoms with Gasteiger partial charge in [-0.2, -0.15) is 0 Å². The van der Waals surface area contributed by atoms with Crippen LogP contribution in [0, 0.1) is 5.41 Å². The lowest BCUT2D eigenvalue weighted by atomic mass is 10.1. The topological polar surface area (TPSA) is 91.0 Å². The van der Waals surface area contributed by atoms with Crippen LogP contribution in [0.3, 0.4) is 0 Å².